The minimum atomic E-state index is 0.126. The van der Waals surface area contributed by atoms with Gasteiger partial charge in [0.2, 0.25) is 5.91 Å². The minimum absolute atomic E-state index is 0.126. The van der Waals surface area contributed by atoms with Crippen LogP contribution >= 0.6 is 0 Å². The molecule has 5 nitrogen and oxygen atoms in total. The molecule has 0 spiro atoms. The van der Waals surface area contributed by atoms with Crippen LogP contribution in [-0.4, -0.2) is 75.7 Å². The second-order valence-corrected chi connectivity index (χ2v) is 4.40. The van der Waals surface area contributed by atoms with Crippen molar-refractivity contribution in [3.8, 4) is 0 Å². The molecule has 1 amide bonds. The van der Waals surface area contributed by atoms with Gasteiger partial charge in [0.05, 0.1) is 19.8 Å². The third-order valence-electron chi connectivity index (χ3n) is 2.58. The summed E-state index contributed by atoms with van der Waals surface area (Å²) in [5, 5.41) is 2.94. The van der Waals surface area contributed by atoms with Crippen molar-refractivity contribution in [1.29, 1.82) is 0 Å². The lowest BCUT2D eigenvalue weighted by atomic mass is 10.3. The molecule has 0 aromatic rings. The molecule has 0 atom stereocenters. The quantitative estimate of drug-likeness (QED) is 0.617. The summed E-state index contributed by atoms with van der Waals surface area (Å²) in [6, 6.07) is 0. The minimum Gasteiger partial charge on any atom is -0.379 e. The van der Waals surface area contributed by atoms with E-state index in [1.807, 2.05) is 14.1 Å². The Kier molecular flexibility index (Phi) is 6.37. The van der Waals surface area contributed by atoms with Crippen LogP contribution in [-0.2, 0) is 9.53 Å². The number of nitrogens with one attached hydrogen (secondary N) is 1. The zero-order chi connectivity index (χ0) is 11.8. The van der Waals surface area contributed by atoms with Gasteiger partial charge in [-0.2, -0.15) is 0 Å². The van der Waals surface area contributed by atoms with Crippen molar-refractivity contribution in [2.75, 3.05) is 60.0 Å². The maximum Gasteiger partial charge on any atom is 0.234 e. The highest BCUT2D eigenvalue weighted by Gasteiger charge is 2.13. The molecule has 1 N–H and O–H groups in total. The molecule has 16 heavy (non-hydrogen) atoms. The predicted octanol–water partition coefficient (Wildman–Crippen LogP) is -0.613. The van der Waals surface area contributed by atoms with Crippen molar-refractivity contribution in [1.82, 2.24) is 15.1 Å². The molecule has 0 aromatic heterocycles. The summed E-state index contributed by atoms with van der Waals surface area (Å²) >= 11 is 0. The standard InChI is InChI=1S/C11H23N3O2/c1-13(2)5-3-4-12-11(15)10-14-6-8-16-9-7-14/h3-10H2,1-2H3,(H,12,15). The molecule has 5 heteroatoms. The first kappa shape index (κ1) is 13.4. The second kappa shape index (κ2) is 7.60. The maximum atomic E-state index is 11.5. The smallest absolute Gasteiger partial charge is 0.234 e. The number of morpholine rings is 1. The summed E-state index contributed by atoms with van der Waals surface area (Å²) in [5.41, 5.74) is 0. The molecule has 0 bridgehead atoms. The first-order valence-corrected chi connectivity index (χ1v) is 5.90. The highest BCUT2D eigenvalue weighted by atomic mass is 16.5. The van der Waals surface area contributed by atoms with E-state index in [0.29, 0.717) is 6.54 Å². The van der Waals surface area contributed by atoms with E-state index in [-0.39, 0.29) is 5.91 Å². The number of nitrogens with zero attached hydrogens (tertiary/aromatic N) is 2. The Bertz CT molecular complexity index is 203. The Morgan fingerprint density at radius 3 is 2.69 bits per heavy atom. The SMILES string of the molecule is CN(C)CCCNC(=O)CN1CCOCC1. The number of hydrogen-bond acceptors (Lipinski definition) is 4. The van der Waals surface area contributed by atoms with Crippen LogP contribution in [0.3, 0.4) is 0 Å². The molecule has 1 aliphatic heterocycles. The number of rotatable bonds is 6. The van der Waals surface area contributed by atoms with Gasteiger partial charge in [0.25, 0.3) is 0 Å². The van der Waals surface area contributed by atoms with E-state index in [0.717, 1.165) is 45.8 Å². The lowest BCUT2D eigenvalue weighted by Crippen LogP contribution is -2.43. The lowest BCUT2D eigenvalue weighted by Gasteiger charge is -2.25. The molecule has 1 saturated heterocycles. The van der Waals surface area contributed by atoms with Crippen molar-refractivity contribution < 1.29 is 9.53 Å². The normalized spacial score (nSPS) is 17.7. The van der Waals surface area contributed by atoms with Crippen LogP contribution in [0.1, 0.15) is 6.42 Å². The molecule has 1 heterocycles. The summed E-state index contributed by atoms with van der Waals surface area (Å²) < 4.78 is 5.23. The fourth-order valence-corrected chi connectivity index (χ4v) is 1.64. The molecule has 0 aromatic carbocycles. The van der Waals surface area contributed by atoms with Gasteiger partial charge in [0, 0.05) is 19.6 Å². The molecular weight excluding hydrogens is 206 g/mol. The highest BCUT2D eigenvalue weighted by Crippen LogP contribution is 1.95. The Hall–Kier alpha value is -0.650. The van der Waals surface area contributed by atoms with Gasteiger partial charge in [-0.05, 0) is 27.1 Å². The van der Waals surface area contributed by atoms with Gasteiger partial charge in [-0.1, -0.05) is 0 Å². The Morgan fingerprint density at radius 1 is 1.38 bits per heavy atom. The Balaban J connectivity index is 2.01. The first-order valence-electron chi connectivity index (χ1n) is 5.90. The van der Waals surface area contributed by atoms with Gasteiger partial charge in [-0.3, -0.25) is 9.69 Å². The molecule has 1 fully saturated rings. The summed E-state index contributed by atoms with van der Waals surface area (Å²) in [6.45, 7) is 5.50. The molecule has 1 aliphatic rings. The topological polar surface area (TPSA) is 44.8 Å². The predicted molar refractivity (Wildman–Crippen MR) is 63.4 cm³/mol. The molecule has 0 radical (unpaired) electrons. The first-order chi connectivity index (χ1) is 7.68. The van der Waals surface area contributed by atoms with E-state index in [1.165, 1.54) is 0 Å². The average Bonchev–Trinajstić information content (AvgIpc) is 2.25. The number of amides is 1. The van der Waals surface area contributed by atoms with E-state index >= 15 is 0 Å². The Morgan fingerprint density at radius 2 is 2.06 bits per heavy atom. The number of carbonyl (C=O) groups is 1. The third kappa shape index (κ3) is 6.05. The number of ether oxygens (including phenoxy) is 1. The van der Waals surface area contributed by atoms with Crippen molar-refractivity contribution in [2.45, 2.75) is 6.42 Å². The highest BCUT2D eigenvalue weighted by molar-refractivity contribution is 5.77. The summed E-state index contributed by atoms with van der Waals surface area (Å²) in [7, 11) is 4.07. The fraction of sp³-hybridized carbons (Fsp3) is 0.909. The maximum absolute atomic E-state index is 11.5. The summed E-state index contributed by atoms with van der Waals surface area (Å²) in [5.74, 6) is 0.126. The molecular formula is C11H23N3O2. The van der Waals surface area contributed by atoms with E-state index in [4.69, 9.17) is 4.74 Å². The second-order valence-electron chi connectivity index (χ2n) is 4.40. The van der Waals surface area contributed by atoms with E-state index in [2.05, 4.69) is 15.1 Å². The van der Waals surface area contributed by atoms with Gasteiger partial charge < -0.3 is 15.0 Å². The van der Waals surface area contributed by atoms with Gasteiger partial charge in [-0.25, -0.2) is 0 Å². The zero-order valence-electron chi connectivity index (χ0n) is 10.4. The molecule has 0 unspecified atom stereocenters. The van der Waals surface area contributed by atoms with Crippen molar-refractivity contribution >= 4 is 5.91 Å². The van der Waals surface area contributed by atoms with Crippen molar-refractivity contribution in [3.63, 3.8) is 0 Å². The number of hydrogen-bond donors (Lipinski definition) is 1. The van der Waals surface area contributed by atoms with Gasteiger partial charge in [0.15, 0.2) is 0 Å². The molecule has 0 aliphatic carbocycles. The van der Waals surface area contributed by atoms with Gasteiger partial charge in [0.1, 0.15) is 0 Å². The number of carbonyl (C=O) groups excluding carboxylic acids is 1. The molecule has 1 rings (SSSR count). The fourth-order valence-electron chi connectivity index (χ4n) is 1.64. The third-order valence-corrected chi connectivity index (χ3v) is 2.58. The average molecular weight is 229 g/mol. The van der Waals surface area contributed by atoms with Crippen LogP contribution in [0.15, 0.2) is 0 Å². The van der Waals surface area contributed by atoms with Crippen molar-refractivity contribution in [3.05, 3.63) is 0 Å². The van der Waals surface area contributed by atoms with Gasteiger partial charge >= 0.3 is 0 Å². The van der Waals surface area contributed by atoms with E-state index < -0.39 is 0 Å². The van der Waals surface area contributed by atoms with Crippen LogP contribution < -0.4 is 5.32 Å². The van der Waals surface area contributed by atoms with E-state index in [9.17, 15) is 4.79 Å². The van der Waals surface area contributed by atoms with Crippen LogP contribution in [0.25, 0.3) is 0 Å². The largest absolute Gasteiger partial charge is 0.379 e. The molecule has 94 valence electrons. The van der Waals surface area contributed by atoms with Crippen molar-refractivity contribution in [2.24, 2.45) is 0 Å². The van der Waals surface area contributed by atoms with E-state index in [1.54, 1.807) is 0 Å². The summed E-state index contributed by atoms with van der Waals surface area (Å²) in [6.07, 6.45) is 1.00. The van der Waals surface area contributed by atoms with Crippen LogP contribution in [0.2, 0.25) is 0 Å². The van der Waals surface area contributed by atoms with Crippen LogP contribution in [0.4, 0.5) is 0 Å². The Labute approximate surface area is 97.7 Å². The lowest BCUT2D eigenvalue weighted by molar-refractivity contribution is -0.123. The van der Waals surface area contributed by atoms with Crippen LogP contribution in [0.5, 0.6) is 0 Å². The zero-order valence-corrected chi connectivity index (χ0v) is 10.4. The van der Waals surface area contributed by atoms with Crippen LogP contribution in [0, 0.1) is 0 Å². The molecule has 0 saturated carbocycles. The summed E-state index contributed by atoms with van der Waals surface area (Å²) in [4.78, 5) is 15.8. The van der Waals surface area contributed by atoms with Gasteiger partial charge in [-0.15, -0.1) is 0 Å². The monoisotopic (exact) mass is 229 g/mol.